The van der Waals surface area contributed by atoms with Crippen molar-refractivity contribution in [3.05, 3.63) is 65.0 Å². The molecule has 1 heterocycles. The van der Waals surface area contributed by atoms with Crippen LogP contribution >= 0.6 is 0 Å². The predicted octanol–water partition coefficient (Wildman–Crippen LogP) is 2.76. The molecule has 1 atom stereocenters. The summed E-state index contributed by atoms with van der Waals surface area (Å²) in [5, 5.41) is 2.58. The van der Waals surface area contributed by atoms with Crippen LogP contribution in [0.1, 0.15) is 29.2 Å². The van der Waals surface area contributed by atoms with E-state index in [0.29, 0.717) is 18.5 Å². The van der Waals surface area contributed by atoms with E-state index < -0.39 is 5.82 Å². The Morgan fingerprint density at radius 1 is 1.10 bits per heavy atom. The number of hydrogen-bond donors (Lipinski definition) is 2. The van der Waals surface area contributed by atoms with Crippen LogP contribution in [0.5, 0.6) is 0 Å². The molecule has 20 heavy (non-hydrogen) atoms. The number of benzene rings is 2. The summed E-state index contributed by atoms with van der Waals surface area (Å²) in [4.78, 5) is 11.3. The van der Waals surface area contributed by atoms with Gasteiger partial charge in [0, 0.05) is 6.42 Å². The highest BCUT2D eigenvalue weighted by molar-refractivity contribution is 5.94. The highest BCUT2D eigenvalue weighted by atomic mass is 19.1. The molecular formula is C16H15FN2O. The zero-order valence-electron chi connectivity index (χ0n) is 10.9. The maximum atomic E-state index is 14.1. The quantitative estimate of drug-likeness (QED) is 0.881. The van der Waals surface area contributed by atoms with E-state index in [4.69, 9.17) is 5.73 Å². The first-order valence-corrected chi connectivity index (χ1v) is 6.58. The Bertz CT molecular complexity index is 655. The van der Waals surface area contributed by atoms with Gasteiger partial charge in [0.05, 0.1) is 11.7 Å². The van der Waals surface area contributed by atoms with Crippen LogP contribution in [-0.2, 0) is 11.2 Å². The largest absolute Gasteiger partial charge is 0.323 e. The lowest BCUT2D eigenvalue weighted by molar-refractivity contribution is -0.116. The molecule has 0 radical (unpaired) electrons. The molecule has 3 nitrogen and oxygen atoms in total. The molecule has 0 bridgehead atoms. The summed E-state index contributed by atoms with van der Waals surface area (Å²) >= 11 is 0. The molecule has 3 N–H and O–H groups in total. The van der Waals surface area contributed by atoms with Gasteiger partial charge >= 0.3 is 0 Å². The minimum atomic E-state index is -0.420. The fourth-order valence-corrected chi connectivity index (χ4v) is 2.51. The van der Waals surface area contributed by atoms with Crippen molar-refractivity contribution in [2.24, 2.45) is 5.73 Å². The molecule has 102 valence electrons. The van der Waals surface area contributed by atoms with Crippen LogP contribution in [0.4, 0.5) is 10.1 Å². The van der Waals surface area contributed by atoms with Gasteiger partial charge in [-0.05, 0) is 29.2 Å². The Kier molecular flexibility index (Phi) is 3.24. The molecule has 3 rings (SSSR count). The second-order valence-corrected chi connectivity index (χ2v) is 4.97. The maximum absolute atomic E-state index is 14.1. The van der Waals surface area contributed by atoms with Crippen molar-refractivity contribution in [2.75, 3.05) is 5.32 Å². The Morgan fingerprint density at radius 3 is 2.60 bits per heavy atom. The van der Waals surface area contributed by atoms with Crippen molar-refractivity contribution < 1.29 is 9.18 Å². The standard InChI is InChI=1S/C16H15FN2O/c17-13-9-12(15(18)10-4-2-1-3-5-10)8-11-6-7-14(20)19-16(11)13/h1-5,8-9,15H,6-7,18H2,(H,19,20). The number of aryl methyl sites for hydroxylation is 1. The first kappa shape index (κ1) is 12.8. The first-order chi connectivity index (χ1) is 9.65. The summed E-state index contributed by atoms with van der Waals surface area (Å²) < 4.78 is 14.1. The number of rotatable bonds is 2. The van der Waals surface area contributed by atoms with E-state index in [9.17, 15) is 9.18 Å². The SMILES string of the molecule is NC(c1ccccc1)c1cc(F)c2c(c1)CCC(=O)N2. The second kappa shape index (κ2) is 5.06. The van der Waals surface area contributed by atoms with Gasteiger partial charge in [0.2, 0.25) is 5.91 Å². The number of nitrogens with one attached hydrogen (secondary N) is 1. The number of hydrogen-bond acceptors (Lipinski definition) is 2. The molecule has 0 spiro atoms. The minimum Gasteiger partial charge on any atom is -0.323 e. The smallest absolute Gasteiger partial charge is 0.224 e. The van der Waals surface area contributed by atoms with Gasteiger partial charge in [-0.1, -0.05) is 36.4 Å². The monoisotopic (exact) mass is 270 g/mol. The van der Waals surface area contributed by atoms with Crippen LogP contribution in [0.2, 0.25) is 0 Å². The Labute approximate surface area is 116 Å². The van der Waals surface area contributed by atoms with Crippen LogP contribution in [0.25, 0.3) is 0 Å². The molecule has 1 aliphatic rings. The second-order valence-electron chi connectivity index (χ2n) is 4.97. The van der Waals surface area contributed by atoms with Gasteiger partial charge in [0.1, 0.15) is 5.82 Å². The number of amides is 1. The fourth-order valence-electron chi connectivity index (χ4n) is 2.51. The van der Waals surface area contributed by atoms with Crippen LogP contribution in [0, 0.1) is 5.82 Å². The van der Waals surface area contributed by atoms with E-state index in [2.05, 4.69) is 5.32 Å². The summed E-state index contributed by atoms with van der Waals surface area (Å²) in [6, 6.07) is 12.5. The topological polar surface area (TPSA) is 55.1 Å². The van der Waals surface area contributed by atoms with E-state index in [-0.39, 0.29) is 11.9 Å². The third-order valence-corrected chi connectivity index (χ3v) is 3.60. The zero-order chi connectivity index (χ0) is 14.1. The van der Waals surface area contributed by atoms with Crippen molar-refractivity contribution in [3.63, 3.8) is 0 Å². The Balaban J connectivity index is 2.00. The summed E-state index contributed by atoms with van der Waals surface area (Å²) in [6.07, 6.45) is 0.934. The molecule has 4 heteroatoms. The van der Waals surface area contributed by atoms with Crippen LogP contribution < -0.4 is 11.1 Å². The fraction of sp³-hybridized carbons (Fsp3) is 0.188. The molecule has 0 saturated carbocycles. The summed E-state index contributed by atoms with van der Waals surface area (Å²) in [5.74, 6) is -0.562. The lowest BCUT2D eigenvalue weighted by Crippen LogP contribution is -2.21. The first-order valence-electron chi connectivity index (χ1n) is 6.58. The van der Waals surface area contributed by atoms with E-state index >= 15 is 0 Å². The minimum absolute atomic E-state index is 0.142. The van der Waals surface area contributed by atoms with Gasteiger partial charge in [-0.15, -0.1) is 0 Å². The van der Waals surface area contributed by atoms with Gasteiger partial charge in [0.15, 0.2) is 0 Å². The molecule has 1 amide bonds. The van der Waals surface area contributed by atoms with Gasteiger partial charge in [-0.25, -0.2) is 4.39 Å². The Hall–Kier alpha value is -2.20. The van der Waals surface area contributed by atoms with E-state index in [1.165, 1.54) is 6.07 Å². The highest BCUT2D eigenvalue weighted by Gasteiger charge is 2.21. The summed E-state index contributed by atoms with van der Waals surface area (Å²) in [7, 11) is 0. The van der Waals surface area contributed by atoms with Gasteiger partial charge < -0.3 is 11.1 Å². The zero-order valence-corrected chi connectivity index (χ0v) is 10.9. The Morgan fingerprint density at radius 2 is 1.85 bits per heavy atom. The normalized spacial score (nSPS) is 15.4. The van der Waals surface area contributed by atoms with Crippen LogP contribution in [0.15, 0.2) is 42.5 Å². The molecule has 0 aliphatic carbocycles. The average Bonchev–Trinajstić information content (AvgIpc) is 2.48. The van der Waals surface area contributed by atoms with Crippen LogP contribution in [0.3, 0.4) is 0 Å². The van der Waals surface area contributed by atoms with Gasteiger partial charge in [-0.2, -0.15) is 0 Å². The van der Waals surface area contributed by atoms with E-state index in [1.54, 1.807) is 0 Å². The van der Waals surface area contributed by atoms with E-state index in [1.807, 2.05) is 36.4 Å². The average molecular weight is 270 g/mol. The number of carbonyl (C=O) groups is 1. The summed E-state index contributed by atoms with van der Waals surface area (Å²) in [5.41, 5.74) is 8.96. The molecule has 0 saturated heterocycles. The van der Waals surface area contributed by atoms with Crippen molar-refractivity contribution in [1.29, 1.82) is 0 Å². The van der Waals surface area contributed by atoms with Gasteiger partial charge in [-0.3, -0.25) is 4.79 Å². The number of halogens is 1. The number of fused-ring (bicyclic) bond motifs is 1. The van der Waals surface area contributed by atoms with E-state index in [0.717, 1.165) is 16.7 Å². The third-order valence-electron chi connectivity index (χ3n) is 3.60. The van der Waals surface area contributed by atoms with Gasteiger partial charge in [0.25, 0.3) is 0 Å². The van der Waals surface area contributed by atoms with Crippen LogP contribution in [-0.4, -0.2) is 5.91 Å². The predicted molar refractivity (Wildman–Crippen MR) is 75.8 cm³/mol. The van der Waals surface area contributed by atoms with Crippen molar-refractivity contribution >= 4 is 11.6 Å². The third kappa shape index (κ3) is 2.30. The van der Waals surface area contributed by atoms with Crippen molar-refractivity contribution in [2.45, 2.75) is 18.9 Å². The maximum Gasteiger partial charge on any atom is 0.224 e. The molecule has 2 aromatic rings. The number of anilines is 1. The molecular weight excluding hydrogens is 255 g/mol. The number of nitrogens with two attached hydrogens (primary N) is 1. The van der Waals surface area contributed by atoms with Crippen molar-refractivity contribution in [1.82, 2.24) is 0 Å². The molecule has 0 aromatic heterocycles. The number of carbonyl (C=O) groups excluding carboxylic acids is 1. The molecule has 0 fully saturated rings. The lowest BCUT2D eigenvalue weighted by atomic mass is 9.94. The summed E-state index contributed by atoms with van der Waals surface area (Å²) in [6.45, 7) is 0. The highest BCUT2D eigenvalue weighted by Crippen LogP contribution is 2.30. The molecule has 2 aromatic carbocycles. The molecule has 1 unspecified atom stereocenters. The van der Waals surface area contributed by atoms with Crippen molar-refractivity contribution in [3.8, 4) is 0 Å². The molecule has 1 aliphatic heterocycles. The lowest BCUT2D eigenvalue weighted by Gasteiger charge is -2.21.